The van der Waals surface area contributed by atoms with Gasteiger partial charge in [0.2, 0.25) is 0 Å². The summed E-state index contributed by atoms with van der Waals surface area (Å²) >= 11 is 0. The van der Waals surface area contributed by atoms with Gasteiger partial charge in [0.15, 0.2) is 0 Å². The Morgan fingerprint density at radius 3 is 1.16 bits per heavy atom. The Morgan fingerprint density at radius 1 is 0.203 bits per heavy atom. The van der Waals surface area contributed by atoms with E-state index in [4.69, 9.17) is 0 Å². The van der Waals surface area contributed by atoms with Crippen LogP contribution in [-0.2, 0) is 0 Å². The zero-order valence-corrected chi connectivity index (χ0v) is 35.1. The smallest absolute Gasteiger partial charge is 0.0540 e. The minimum Gasteiger partial charge on any atom is -0.310 e. The standard InChI is InChI=1S/C62H42N2/c1-4-21-46(22-5-1)61-55-38-36-52(64(50-28-8-3-9-29-50)60-33-17-25-45-20-13-15-31-54(45)60)42-58(55)62(48-35-34-43-18-10-11-23-47(43)40-48)56-39-37-51(41-57(56)61)63(49-26-6-2-7-27-49)59-32-16-24-44-19-12-14-30-53(44)59/h1-42H. The third kappa shape index (κ3) is 6.44. The molecule has 0 aliphatic carbocycles. The number of hydrogen-bond acceptors (Lipinski definition) is 2. The number of benzene rings is 12. The van der Waals surface area contributed by atoms with Crippen molar-refractivity contribution in [1.29, 1.82) is 0 Å². The van der Waals surface area contributed by atoms with E-state index in [0.29, 0.717) is 0 Å². The number of anilines is 6. The number of hydrogen-bond donors (Lipinski definition) is 0. The molecule has 0 radical (unpaired) electrons. The van der Waals surface area contributed by atoms with Gasteiger partial charge in [0, 0.05) is 33.5 Å². The maximum absolute atomic E-state index is 2.43. The van der Waals surface area contributed by atoms with Crippen molar-refractivity contribution >= 4 is 88.0 Å². The zero-order chi connectivity index (χ0) is 42.4. The molecule has 0 unspecified atom stereocenters. The van der Waals surface area contributed by atoms with Crippen molar-refractivity contribution < 1.29 is 0 Å². The van der Waals surface area contributed by atoms with Crippen LogP contribution in [-0.4, -0.2) is 0 Å². The third-order valence-electron chi connectivity index (χ3n) is 12.7. The van der Waals surface area contributed by atoms with Crippen LogP contribution < -0.4 is 9.80 Å². The number of para-hydroxylation sites is 2. The molecule has 12 rings (SSSR count). The molecule has 0 saturated heterocycles. The first-order chi connectivity index (χ1) is 31.8. The molecule has 0 amide bonds. The van der Waals surface area contributed by atoms with Crippen LogP contribution in [0.1, 0.15) is 0 Å². The second-order valence-corrected chi connectivity index (χ2v) is 16.5. The number of nitrogens with zero attached hydrogens (tertiary/aromatic N) is 2. The minimum absolute atomic E-state index is 1.10. The Kier molecular flexibility index (Phi) is 9.20. The van der Waals surface area contributed by atoms with E-state index in [1.165, 1.54) is 76.1 Å². The quantitative estimate of drug-likeness (QED) is 0.141. The molecule has 12 aromatic rings. The topological polar surface area (TPSA) is 6.48 Å². The first-order valence-corrected chi connectivity index (χ1v) is 22.0. The molecule has 0 aliphatic rings. The SMILES string of the molecule is c1ccc(-c2c3ccc(N(c4ccccc4)c4cccc5ccccc45)cc3c(-c3ccc4ccccc4c3)c3ccc(N(c4ccccc4)c4cccc5ccccc45)cc23)cc1. The molecular formula is C62H42N2. The van der Waals surface area contributed by atoms with E-state index < -0.39 is 0 Å². The molecule has 0 aliphatic heterocycles. The summed E-state index contributed by atoms with van der Waals surface area (Å²) < 4.78 is 0. The lowest BCUT2D eigenvalue weighted by Crippen LogP contribution is -2.11. The summed E-state index contributed by atoms with van der Waals surface area (Å²) in [6.07, 6.45) is 0. The van der Waals surface area contributed by atoms with Crippen molar-refractivity contribution in [3.8, 4) is 22.3 Å². The van der Waals surface area contributed by atoms with Gasteiger partial charge in [-0.1, -0.05) is 188 Å². The molecule has 0 atom stereocenters. The summed E-state index contributed by atoms with van der Waals surface area (Å²) in [7, 11) is 0. The highest BCUT2D eigenvalue weighted by molar-refractivity contribution is 6.23. The third-order valence-corrected chi connectivity index (χ3v) is 12.7. The molecule has 2 heteroatoms. The molecule has 0 N–H and O–H groups in total. The Hall–Kier alpha value is -8.46. The summed E-state index contributed by atoms with van der Waals surface area (Å²) in [4.78, 5) is 4.84. The van der Waals surface area contributed by atoms with Gasteiger partial charge in [0.1, 0.15) is 0 Å². The minimum atomic E-state index is 1.10. The molecular weight excluding hydrogens is 773 g/mol. The molecule has 0 spiro atoms. The lowest BCUT2D eigenvalue weighted by molar-refractivity contribution is 1.30. The Labute approximate surface area is 373 Å². The molecule has 0 bridgehead atoms. The normalized spacial score (nSPS) is 11.4. The highest BCUT2D eigenvalue weighted by atomic mass is 15.1. The predicted molar refractivity (Wildman–Crippen MR) is 274 cm³/mol. The average molecular weight is 815 g/mol. The highest BCUT2D eigenvalue weighted by Gasteiger charge is 2.23. The molecule has 12 aromatic carbocycles. The zero-order valence-electron chi connectivity index (χ0n) is 35.1. The summed E-state index contributed by atoms with van der Waals surface area (Å²) in [5.74, 6) is 0. The largest absolute Gasteiger partial charge is 0.310 e. The van der Waals surface area contributed by atoms with Crippen molar-refractivity contribution in [2.75, 3.05) is 9.80 Å². The van der Waals surface area contributed by atoms with Crippen LogP contribution in [0.4, 0.5) is 34.1 Å². The van der Waals surface area contributed by atoms with Gasteiger partial charge in [-0.3, -0.25) is 0 Å². The van der Waals surface area contributed by atoms with E-state index >= 15 is 0 Å². The molecule has 64 heavy (non-hydrogen) atoms. The van der Waals surface area contributed by atoms with Gasteiger partial charge in [-0.05, 0) is 132 Å². The summed E-state index contributed by atoms with van der Waals surface area (Å²) in [6.45, 7) is 0. The monoisotopic (exact) mass is 814 g/mol. The van der Waals surface area contributed by atoms with Gasteiger partial charge in [0.05, 0.1) is 11.4 Å². The molecule has 300 valence electrons. The number of rotatable bonds is 8. The van der Waals surface area contributed by atoms with E-state index in [-0.39, 0.29) is 0 Å². The van der Waals surface area contributed by atoms with E-state index in [0.717, 1.165) is 34.1 Å². The maximum atomic E-state index is 2.43. The van der Waals surface area contributed by atoms with Crippen LogP contribution in [0, 0.1) is 0 Å². The number of fused-ring (bicyclic) bond motifs is 5. The fourth-order valence-corrected chi connectivity index (χ4v) is 9.87. The second-order valence-electron chi connectivity index (χ2n) is 16.5. The fourth-order valence-electron chi connectivity index (χ4n) is 9.87. The van der Waals surface area contributed by atoms with Crippen molar-refractivity contribution in [3.63, 3.8) is 0 Å². The van der Waals surface area contributed by atoms with Crippen LogP contribution in [0.2, 0.25) is 0 Å². The Balaban J connectivity index is 1.19. The molecule has 0 heterocycles. The highest BCUT2D eigenvalue weighted by Crippen LogP contribution is 2.49. The summed E-state index contributed by atoms with van der Waals surface area (Å²) in [6, 6.07) is 93.0. The van der Waals surface area contributed by atoms with Gasteiger partial charge in [-0.2, -0.15) is 0 Å². The predicted octanol–water partition coefficient (Wildman–Crippen LogP) is 17.7. The van der Waals surface area contributed by atoms with Crippen molar-refractivity contribution in [3.05, 3.63) is 255 Å². The van der Waals surface area contributed by atoms with Crippen LogP contribution in [0.15, 0.2) is 255 Å². The fraction of sp³-hybridized carbons (Fsp3) is 0. The first kappa shape index (κ1) is 37.3. The summed E-state index contributed by atoms with van der Waals surface area (Å²) in [5.41, 5.74) is 11.5. The summed E-state index contributed by atoms with van der Waals surface area (Å²) in [5, 5.41) is 12.1. The van der Waals surface area contributed by atoms with Crippen LogP contribution in [0.5, 0.6) is 0 Å². The van der Waals surface area contributed by atoms with E-state index in [1.807, 2.05) is 0 Å². The Bertz CT molecular complexity index is 3660. The molecule has 2 nitrogen and oxygen atoms in total. The van der Waals surface area contributed by atoms with Gasteiger partial charge in [-0.15, -0.1) is 0 Å². The maximum Gasteiger partial charge on any atom is 0.0540 e. The van der Waals surface area contributed by atoms with Gasteiger partial charge >= 0.3 is 0 Å². The van der Waals surface area contributed by atoms with Gasteiger partial charge in [-0.25, -0.2) is 0 Å². The average Bonchev–Trinajstić information content (AvgIpc) is 3.36. The van der Waals surface area contributed by atoms with E-state index in [1.54, 1.807) is 0 Å². The molecule has 0 fully saturated rings. The molecule has 0 aromatic heterocycles. The van der Waals surface area contributed by atoms with Crippen LogP contribution in [0.3, 0.4) is 0 Å². The van der Waals surface area contributed by atoms with Gasteiger partial charge in [0.25, 0.3) is 0 Å². The second kappa shape index (κ2) is 15.8. The van der Waals surface area contributed by atoms with Crippen molar-refractivity contribution in [2.45, 2.75) is 0 Å². The lowest BCUT2D eigenvalue weighted by atomic mass is 9.85. The van der Waals surface area contributed by atoms with Crippen molar-refractivity contribution in [1.82, 2.24) is 0 Å². The first-order valence-electron chi connectivity index (χ1n) is 22.0. The van der Waals surface area contributed by atoms with Crippen LogP contribution in [0.25, 0.3) is 76.1 Å². The molecule has 0 saturated carbocycles. The van der Waals surface area contributed by atoms with E-state index in [9.17, 15) is 0 Å². The lowest BCUT2D eigenvalue weighted by Gasteiger charge is -2.29. The van der Waals surface area contributed by atoms with E-state index in [2.05, 4.69) is 265 Å². The van der Waals surface area contributed by atoms with Crippen LogP contribution >= 0.6 is 0 Å². The van der Waals surface area contributed by atoms with Gasteiger partial charge < -0.3 is 9.80 Å². The van der Waals surface area contributed by atoms with Crippen molar-refractivity contribution in [2.24, 2.45) is 0 Å². The Morgan fingerprint density at radius 2 is 0.625 bits per heavy atom.